The van der Waals surface area contributed by atoms with Crippen LogP contribution in [0.3, 0.4) is 0 Å². The molecule has 14 heavy (non-hydrogen) atoms. The molecule has 1 heterocycles. The third kappa shape index (κ3) is 2.06. The Morgan fingerprint density at radius 3 is 2.14 bits per heavy atom. The van der Waals surface area contributed by atoms with Crippen LogP contribution in [0.2, 0.25) is 0 Å². The SMILES string of the molecule is Cn1nnc(C(C)(C)C)c1S(=O)(=O)Cl. The van der Waals surface area contributed by atoms with Crippen molar-refractivity contribution >= 4 is 19.7 Å². The van der Waals surface area contributed by atoms with E-state index in [0.717, 1.165) is 0 Å². The van der Waals surface area contributed by atoms with Crippen molar-refractivity contribution in [2.24, 2.45) is 7.05 Å². The zero-order valence-corrected chi connectivity index (χ0v) is 10.0. The van der Waals surface area contributed by atoms with E-state index < -0.39 is 14.5 Å². The molecular weight excluding hydrogens is 226 g/mol. The van der Waals surface area contributed by atoms with Crippen LogP contribution in [0.4, 0.5) is 0 Å². The van der Waals surface area contributed by atoms with E-state index in [4.69, 9.17) is 10.7 Å². The second-order valence-corrected chi connectivity index (χ2v) is 6.54. The molecular formula is C7H12ClN3O2S. The summed E-state index contributed by atoms with van der Waals surface area (Å²) in [6, 6.07) is 0. The Labute approximate surface area is 87.5 Å². The molecule has 0 aliphatic rings. The minimum Gasteiger partial charge on any atom is -0.236 e. The Hall–Kier alpha value is -0.620. The summed E-state index contributed by atoms with van der Waals surface area (Å²) < 4.78 is 23.7. The lowest BCUT2D eigenvalue weighted by atomic mass is 9.93. The Morgan fingerprint density at radius 1 is 1.36 bits per heavy atom. The molecule has 1 aromatic heterocycles. The van der Waals surface area contributed by atoms with Gasteiger partial charge in [-0.2, -0.15) is 0 Å². The van der Waals surface area contributed by atoms with Crippen LogP contribution in [0.1, 0.15) is 26.5 Å². The van der Waals surface area contributed by atoms with Gasteiger partial charge in [-0.05, 0) is 0 Å². The topological polar surface area (TPSA) is 64.8 Å². The van der Waals surface area contributed by atoms with E-state index in [1.165, 1.54) is 11.7 Å². The van der Waals surface area contributed by atoms with E-state index in [1.54, 1.807) is 0 Å². The molecule has 7 heteroatoms. The predicted octanol–water partition coefficient (Wildman–Crippen LogP) is 1.04. The average molecular weight is 238 g/mol. The minimum absolute atomic E-state index is 0.0355. The van der Waals surface area contributed by atoms with E-state index in [1.807, 2.05) is 20.8 Å². The number of aromatic nitrogens is 3. The second-order valence-electron chi connectivity index (χ2n) is 4.05. The molecule has 0 amide bonds. The van der Waals surface area contributed by atoms with Crippen molar-refractivity contribution in [3.05, 3.63) is 5.69 Å². The van der Waals surface area contributed by atoms with Crippen molar-refractivity contribution in [2.75, 3.05) is 0 Å². The molecule has 0 N–H and O–H groups in total. The number of aryl methyl sites for hydroxylation is 1. The van der Waals surface area contributed by atoms with Gasteiger partial charge in [0.25, 0.3) is 9.05 Å². The molecule has 0 aliphatic heterocycles. The van der Waals surface area contributed by atoms with Crippen LogP contribution < -0.4 is 0 Å². The Bertz CT molecular complexity index is 444. The highest BCUT2D eigenvalue weighted by atomic mass is 35.7. The van der Waals surface area contributed by atoms with Crippen LogP contribution in [0, 0.1) is 0 Å². The molecule has 0 fully saturated rings. The fraction of sp³-hybridized carbons (Fsp3) is 0.714. The van der Waals surface area contributed by atoms with Crippen molar-refractivity contribution in [3.63, 3.8) is 0 Å². The van der Waals surface area contributed by atoms with Gasteiger partial charge >= 0.3 is 0 Å². The van der Waals surface area contributed by atoms with Gasteiger partial charge in [0.15, 0.2) is 5.03 Å². The summed E-state index contributed by atoms with van der Waals surface area (Å²) in [4.78, 5) is 0. The Morgan fingerprint density at radius 2 is 1.86 bits per heavy atom. The van der Waals surface area contributed by atoms with Crippen LogP contribution in [0.15, 0.2) is 5.03 Å². The number of halogens is 1. The van der Waals surface area contributed by atoms with Gasteiger partial charge in [0.2, 0.25) is 0 Å². The molecule has 1 rings (SSSR count). The predicted molar refractivity (Wildman–Crippen MR) is 52.7 cm³/mol. The molecule has 0 saturated heterocycles. The summed E-state index contributed by atoms with van der Waals surface area (Å²) in [5, 5.41) is 7.42. The monoisotopic (exact) mass is 237 g/mol. The van der Waals surface area contributed by atoms with E-state index >= 15 is 0 Å². The molecule has 5 nitrogen and oxygen atoms in total. The number of hydrogen-bond acceptors (Lipinski definition) is 4. The lowest BCUT2D eigenvalue weighted by Crippen LogP contribution is -2.16. The van der Waals surface area contributed by atoms with Gasteiger partial charge in [-0.15, -0.1) is 5.10 Å². The molecule has 0 saturated carbocycles. The fourth-order valence-corrected chi connectivity index (χ4v) is 2.54. The first-order valence-corrected chi connectivity index (χ1v) is 6.30. The number of nitrogens with zero attached hydrogens (tertiary/aromatic N) is 3. The highest BCUT2D eigenvalue weighted by molar-refractivity contribution is 8.13. The zero-order chi connectivity index (χ0) is 11.1. The van der Waals surface area contributed by atoms with Crippen molar-refractivity contribution in [1.29, 1.82) is 0 Å². The van der Waals surface area contributed by atoms with Gasteiger partial charge < -0.3 is 0 Å². The van der Waals surface area contributed by atoms with Gasteiger partial charge in [-0.3, -0.25) is 0 Å². The number of rotatable bonds is 1. The largest absolute Gasteiger partial charge is 0.280 e. The average Bonchev–Trinajstić information content (AvgIpc) is 2.27. The van der Waals surface area contributed by atoms with Crippen LogP contribution in [0.25, 0.3) is 0 Å². The molecule has 0 bridgehead atoms. The van der Waals surface area contributed by atoms with E-state index in [-0.39, 0.29) is 5.03 Å². The summed E-state index contributed by atoms with van der Waals surface area (Å²) >= 11 is 0. The normalized spacial score (nSPS) is 13.2. The zero-order valence-electron chi connectivity index (χ0n) is 8.44. The van der Waals surface area contributed by atoms with Crippen molar-refractivity contribution in [1.82, 2.24) is 15.0 Å². The van der Waals surface area contributed by atoms with Crippen molar-refractivity contribution < 1.29 is 8.42 Å². The minimum atomic E-state index is -3.79. The fourth-order valence-electron chi connectivity index (χ4n) is 1.09. The smallest absolute Gasteiger partial charge is 0.236 e. The van der Waals surface area contributed by atoms with E-state index in [0.29, 0.717) is 5.69 Å². The molecule has 80 valence electrons. The third-order valence-corrected chi connectivity index (χ3v) is 3.07. The summed E-state index contributed by atoms with van der Waals surface area (Å²) in [6.07, 6.45) is 0. The Kier molecular flexibility index (Phi) is 2.62. The van der Waals surface area contributed by atoms with E-state index in [9.17, 15) is 8.42 Å². The molecule has 0 aliphatic carbocycles. The molecule has 0 radical (unpaired) electrons. The van der Waals surface area contributed by atoms with Gasteiger partial charge in [0.1, 0.15) is 5.69 Å². The van der Waals surface area contributed by atoms with Crippen molar-refractivity contribution in [2.45, 2.75) is 31.2 Å². The maximum atomic E-state index is 11.2. The van der Waals surface area contributed by atoms with Gasteiger partial charge in [-0.1, -0.05) is 26.0 Å². The van der Waals surface area contributed by atoms with Crippen LogP contribution in [0.5, 0.6) is 0 Å². The number of hydrogen-bond donors (Lipinski definition) is 0. The third-order valence-electron chi connectivity index (χ3n) is 1.72. The summed E-state index contributed by atoms with van der Waals surface area (Å²) in [6.45, 7) is 5.55. The molecule has 0 atom stereocenters. The van der Waals surface area contributed by atoms with Crippen LogP contribution >= 0.6 is 10.7 Å². The maximum absolute atomic E-state index is 11.2. The second kappa shape index (κ2) is 3.20. The lowest BCUT2D eigenvalue weighted by Gasteiger charge is -2.15. The summed E-state index contributed by atoms with van der Waals surface area (Å²) in [5.74, 6) is 0. The standard InChI is InChI=1S/C7H12ClN3O2S/c1-7(2,3)5-6(14(8,12)13)11(4)10-9-5/h1-4H3. The lowest BCUT2D eigenvalue weighted by molar-refractivity contribution is 0.542. The molecule has 0 aromatic carbocycles. The first-order valence-electron chi connectivity index (χ1n) is 3.99. The van der Waals surface area contributed by atoms with Crippen LogP contribution in [-0.2, 0) is 21.5 Å². The first-order chi connectivity index (χ1) is 6.14. The van der Waals surface area contributed by atoms with Gasteiger partial charge in [0.05, 0.1) is 0 Å². The summed E-state index contributed by atoms with van der Waals surface area (Å²) in [7, 11) is 2.99. The highest BCUT2D eigenvalue weighted by Gasteiger charge is 2.30. The molecule has 1 aromatic rings. The quantitative estimate of drug-likeness (QED) is 0.685. The summed E-state index contributed by atoms with van der Waals surface area (Å²) in [5.41, 5.74) is -0.0130. The van der Waals surface area contributed by atoms with Gasteiger partial charge in [-0.25, -0.2) is 13.1 Å². The molecule has 0 unspecified atom stereocenters. The van der Waals surface area contributed by atoms with Crippen LogP contribution in [-0.4, -0.2) is 23.4 Å². The van der Waals surface area contributed by atoms with Gasteiger partial charge in [0, 0.05) is 23.1 Å². The maximum Gasteiger partial charge on any atom is 0.280 e. The highest BCUT2D eigenvalue weighted by Crippen LogP contribution is 2.27. The van der Waals surface area contributed by atoms with E-state index in [2.05, 4.69) is 10.3 Å². The molecule has 0 spiro atoms. The van der Waals surface area contributed by atoms with Crippen molar-refractivity contribution in [3.8, 4) is 0 Å². The Balaban J connectivity index is 3.51. The first kappa shape index (κ1) is 11.5.